The first-order chi connectivity index (χ1) is 8.15. The highest BCUT2D eigenvalue weighted by atomic mass is 32.1. The molecule has 2 unspecified atom stereocenters. The molecular formula is C12H20O3S2. The second kappa shape index (κ2) is 10.8. The molecule has 0 saturated heterocycles. The fraction of sp³-hybridized carbons (Fsp3) is 0.750. The Bertz CT molecular complexity index is 244. The van der Waals surface area contributed by atoms with Crippen LogP contribution in [0.25, 0.3) is 0 Å². The fourth-order valence-electron chi connectivity index (χ4n) is 1.52. The minimum Gasteiger partial charge on any atom is -0.303 e. The van der Waals surface area contributed by atoms with E-state index in [4.69, 9.17) is 0 Å². The molecule has 0 saturated carbocycles. The summed E-state index contributed by atoms with van der Waals surface area (Å²) < 4.78 is 0. The zero-order valence-corrected chi connectivity index (χ0v) is 11.7. The maximum Gasteiger partial charge on any atom is 0.143 e. The molecule has 5 heteroatoms. The minimum absolute atomic E-state index is 0.0111. The van der Waals surface area contributed by atoms with Gasteiger partial charge in [0.25, 0.3) is 0 Å². The van der Waals surface area contributed by atoms with Gasteiger partial charge in [-0.1, -0.05) is 6.42 Å². The zero-order chi connectivity index (χ0) is 13.1. The van der Waals surface area contributed by atoms with E-state index in [1.54, 1.807) is 0 Å². The smallest absolute Gasteiger partial charge is 0.143 e. The van der Waals surface area contributed by atoms with Gasteiger partial charge in [-0.05, 0) is 25.0 Å². The maximum atomic E-state index is 11.5. The van der Waals surface area contributed by atoms with E-state index in [2.05, 4.69) is 25.3 Å². The SMILES string of the molecule is O=CCC(C=O)C(=O)CCCCC(S)CCS. The van der Waals surface area contributed by atoms with Crippen molar-refractivity contribution in [3.05, 3.63) is 0 Å². The van der Waals surface area contributed by atoms with Crippen LogP contribution in [-0.4, -0.2) is 29.4 Å². The summed E-state index contributed by atoms with van der Waals surface area (Å²) in [5, 5.41) is 0.333. The molecule has 0 aromatic rings. The standard InChI is InChI=1S/C12H20O3S2/c13-7-5-10(9-14)12(15)4-2-1-3-11(17)6-8-16/h7,9-11,16-17H,1-6,8H2. The molecule has 2 atom stereocenters. The van der Waals surface area contributed by atoms with Gasteiger partial charge in [0.15, 0.2) is 0 Å². The van der Waals surface area contributed by atoms with Crippen LogP contribution in [-0.2, 0) is 14.4 Å². The number of aldehydes is 2. The summed E-state index contributed by atoms with van der Waals surface area (Å²) in [4.78, 5) is 32.3. The molecule has 0 aliphatic rings. The number of ketones is 1. The summed E-state index contributed by atoms with van der Waals surface area (Å²) in [6.07, 6.45) is 5.16. The second-order valence-corrected chi connectivity index (χ2v) is 5.20. The molecule has 0 N–H and O–H groups in total. The number of rotatable bonds is 11. The summed E-state index contributed by atoms with van der Waals surface area (Å²) in [6.45, 7) is 0. The number of carbonyl (C=O) groups is 3. The Morgan fingerprint density at radius 1 is 1.18 bits per heavy atom. The van der Waals surface area contributed by atoms with Crippen LogP contribution in [0.15, 0.2) is 0 Å². The highest BCUT2D eigenvalue weighted by molar-refractivity contribution is 7.81. The normalized spacial score (nSPS) is 14.0. The van der Waals surface area contributed by atoms with Crippen molar-refractivity contribution >= 4 is 43.6 Å². The number of unbranched alkanes of at least 4 members (excludes halogenated alkanes) is 1. The predicted molar refractivity (Wildman–Crippen MR) is 75.0 cm³/mol. The van der Waals surface area contributed by atoms with Crippen molar-refractivity contribution in [1.29, 1.82) is 0 Å². The number of carbonyl (C=O) groups excluding carboxylic acids is 3. The molecule has 0 heterocycles. The molecule has 0 radical (unpaired) electrons. The van der Waals surface area contributed by atoms with Gasteiger partial charge < -0.3 is 9.59 Å². The quantitative estimate of drug-likeness (QED) is 0.263. The van der Waals surface area contributed by atoms with Gasteiger partial charge in [-0.2, -0.15) is 25.3 Å². The predicted octanol–water partition coefficient (Wildman–Crippen LogP) is 2.14. The highest BCUT2D eigenvalue weighted by Gasteiger charge is 2.16. The van der Waals surface area contributed by atoms with Crippen LogP contribution in [0.4, 0.5) is 0 Å². The molecule has 98 valence electrons. The van der Waals surface area contributed by atoms with Gasteiger partial charge >= 0.3 is 0 Å². The average Bonchev–Trinajstić information content (AvgIpc) is 2.31. The van der Waals surface area contributed by atoms with Gasteiger partial charge in [-0.25, -0.2) is 0 Å². The van der Waals surface area contributed by atoms with E-state index in [0.29, 0.717) is 24.2 Å². The molecule has 0 rings (SSSR count). The Labute approximate surface area is 114 Å². The molecule has 0 spiro atoms. The van der Waals surface area contributed by atoms with Crippen molar-refractivity contribution in [1.82, 2.24) is 0 Å². The molecule has 0 aromatic heterocycles. The van der Waals surface area contributed by atoms with Gasteiger partial charge in [-0.3, -0.25) is 4.79 Å². The molecule has 17 heavy (non-hydrogen) atoms. The van der Waals surface area contributed by atoms with E-state index >= 15 is 0 Å². The largest absolute Gasteiger partial charge is 0.303 e. The summed E-state index contributed by atoms with van der Waals surface area (Å²) in [5.41, 5.74) is 0. The third-order valence-corrected chi connectivity index (χ3v) is 3.38. The van der Waals surface area contributed by atoms with Crippen LogP contribution in [0.5, 0.6) is 0 Å². The van der Waals surface area contributed by atoms with E-state index in [-0.39, 0.29) is 12.2 Å². The molecule has 0 fully saturated rings. The van der Waals surface area contributed by atoms with Crippen molar-refractivity contribution in [2.45, 2.75) is 43.8 Å². The van der Waals surface area contributed by atoms with Gasteiger partial charge in [0.2, 0.25) is 0 Å². The lowest BCUT2D eigenvalue weighted by Gasteiger charge is -2.09. The van der Waals surface area contributed by atoms with Crippen molar-refractivity contribution in [3.63, 3.8) is 0 Å². The van der Waals surface area contributed by atoms with Crippen LogP contribution < -0.4 is 0 Å². The lowest BCUT2D eigenvalue weighted by molar-refractivity contribution is -0.129. The number of Topliss-reactive ketones (excluding diaryl/α,β-unsaturated/α-hetero) is 1. The Hall–Kier alpha value is -0.290. The van der Waals surface area contributed by atoms with E-state index < -0.39 is 5.92 Å². The van der Waals surface area contributed by atoms with E-state index in [0.717, 1.165) is 31.4 Å². The van der Waals surface area contributed by atoms with Crippen molar-refractivity contribution < 1.29 is 14.4 Å². The number of hydrogen-bond donors (Lipinski definition) is 2. The molecule has 0 aromatic carbocycles. The van der Waals surface area contributed by atoms with Gasteiger partial charge in [0, 0.05) is 18.1 Å². The van der Waals surface area contributed by atoms with Crippen molar-refractivity contribution in [3.8, 4) is 0 Å². The van der Waals surface area contributed by atoms with Gasteiger partial charge in [0.05, 0.1) is 5.92 Å². The third kappa shape index (κ3) is 8.44. The monoisotopic (exact) mass is 276 g/mol. The van der Waals surface area contributed by atoms with Crippen molar-refractivity contribution in [2.24, 2.45) is 5.92 Å². The minimum atomic E-state index is -0.739. The topological polar surface area (TPSA) is 51.2 Å². The number of hydrogen-bond acceptors (Lipinski definition) is 5. The maximum absolute atomic E-state index is 11.5. The van der Waals surface area contributed by atoms with E-state index in [1.807, 2.05) is 0 Å². The van der Waals surface area contributed by atoms with Gasteiger partial charge in [0.1, 0.15) is 18.4 Å². The average molecular weight is 276 g/mol. The molecular weight excluding hydrogens is 256 g/mol. The van der Waals surface area contributed by atoms with Crippen LogP contribution >= 0.6 is 25.3 Å². The zero-order valence-electron chi connectivity index (χ0n) is 9.88. The first-order valence-corrected chi connectivity index (χ1v) is 7.01. The first-order valence-electron chi connectivity index (χ1n) is 5.86. The molecule has 0 amide bonds. The first kappa shape index (κ1) is 16.7. The number of thiol groups is 2. The lowest BCUT2D eigenvalue weighted by atomic mass is 9.97. The van der Waals surface area contributed by atoms with Crippen LogP contribution in [0.1, 0.15) is 38.5 Å². The lowest BCUT2D eigenvalue weighted by Crippen LogP contribution is -2.16. The Morgan fingerprint density at radius 3 is 2.41 bits per heavy atom. The van der Waals surface area contributed by atoms with Crippen LogP contribution in [0, 0.1) is 5.92 Å². The van der Waals surface area contributed by atoms with Gasteiger partial charge in [-0.15, -0.1) is 0 Å². The van der Waals surface area contributed by atoms with Crippen LogP contribution in [0.2, 0.25) is 0 Å². The van der Waals surface area contributed by atoms with E-state index in [9.17, 15) is 14.4 Å². The Balaban J connectivity index is 3.69. The summed E-state index contributed by atoms with van der Waals surface area (Å²) in [6, 6.07) is 0. The Morgan fingerprint density at radius 2 is 1.88 bits per heavy atom. The van der Waals surface area contributed by atoms with Crippen molar-refractivity contribution in [2.75, 3.05) is 5.75 Å². The summed E-state index contributed by atoms with van der Waals surface area (Å²) >= 11 is 8.52. The second-order valence-electron chi connectivity index (χ2n) is 4.02. The molecule has 3 nitrogen and oxygen atoms in total. The third-order valence-electron chi connectivity index (χ3n) is 2.60. The molecule has 0 aliphatic heterocycles. The molecule has 0 bridgehead atoms. The fourth-order valence-corrected chi connectivity index (χ4v) is 2.35. The van der Waals surface area contributed by atoms with Crippen LogP contribution in [0.3, 0.4) is 0 Å². The summed E-state index contributed by atoms with van der Waals surface area (Å²) in [7, 11) is 0. The Kier molecular flexibility index (Phi) is 10.7. The summed E-state index contributed by atoms with van der Waals surface area (Å²) in [5.74, 6) is -0.0478. The molecule has 0 aliphatic carbocycles. The van der Waals surface area contributed by atoms with E-state index in [1.165, 1.54) is 0 Å². The highest BCUT2D eigenvalue weighted by Crippen LogP contribution is 2.14.